The summed E-state index contributed by atoms with van der Waals surface area (Å²) in [5.74, 6) is 0.284. The van der Waals surface area contributed by atoms with Crippen molar-refractivity contribution in [3.05, 3.63) is 11.1 Å². The lowest BCUT2D eigenvalue weighted by Crippen LogP contribution is -2.28. The monoisotopic (exact) mass is 337 g/mol. The Bertz CT molecular complexity index is 501. The molecule has 1 aliphatic rings. The van der Waals surface area contributed by atoms with Crippen LogP contribution in [-0.4, -0.2) is 36.8 Å². The summed E-state index contributed by atoms with van der Waals surface area (Å²) < 4.78 is 40.8. The number of aromatic nitrogens is 1. The molecule has 2 N–H and O–H groups in total. The summed E-state index contributed by atoms with van der Waals surface area (Å²) in [7, 11) is 0. The van der Waals surface area contributed by atoms with E-state index in [-0.39, 0.29) is 17.1 Å². The molecule has 2 heterocycles. The van der Waals surface area contributed by atoms with Gasteiger partial charge >= 0.3 is 6.18 Å². The van der Waals surface area contributed by atoms with E-state index >= 15 is 0 Å². The molecule has 124 valence electrons. The number of nitrogens with one attached hydrogen (secondary N) is 2. The minimum absolute atomic E-state index is 0.0478. The van der Waals surface area contributed by atoms with Gasteiger partial charge in [-0.25, -0.2) is 4.98 Å². The number of rotatable bonds is 6. The summed E-state index contributed by atoms with van der Waals surface area (Å²) in [6.45, 7) is 2.18. The lowest BCUT2D eigenvalue weighted by molar-refractivity contribution is -0.153. The first-order valence-corrected chi connectivity index (χ1v) is 7.80. The molecule has 1 aromatic rings. The van der Waals surface area contributed by atoms with Crippen molar-refractivity contribution in [3.63, 3.8) is 0 Å². The van der Waals surface area contributed by atoms with E-state index in [1.165, 1.54) is 6.20 Å². The van der Waals surface area contributed by atoms with Crippen molar-refractivity contribution in [1.29, 1.82) is 0 Å². The van der Waals surface area contributed by atoms with Crippen LogP contribution in [0.15, 0.2) is 6.20 Å². The Morgan fingerprint density at radius 2 is 2.41 bits per heavy atom. The maximum absolute atomic E-state index is 12.1. The lowest BCUT2D eigenvalue weighted by Gasteiger charge is -2.13. The predicted octanol–water partition coefficient (Wildman–Crippen LogP) is 2.26. The van der Waals surface area contributed by atoms with Gasteiger partial charge in [0.1, 0.15) is 0 Å². The number of ether oxygens (including phenoxy) is 1. The van der Waals surface area contributed by atoms with Gasteiger partial charge in [0.2, 0.25) is 5.91 Å². The van der Waals surface area contributed by atoms with E-state index in [9.17, 15) is 18.0 Å². The molecule has 2 rings (SSSR count). The number of hydrogen-bond donors (Lipinski definition) is 2. The van der Waals surface area contributed by atoms with Crippen LogP contribution in [0.1, 0.15) is 30.7 Å². The molecule has 1 fully saturated rings. The van der Waals surface area contributed by atoms with Gasteiger partial charge in [-0.1, -0.05) is 11.3 Å². The van der Waals surface area contributed by atoms with E-state index in [0.29, 0.717) is 17.2 Å². The molecule has 0 bridgehead atoms. The Labute approximate surface area is 130 Å². The first-order chi connectivity index (χ1) is 10.3. The molecule has 1 aliphatic heterocycles. The Morgan fingerprint density at radius 1 is 1.64 bits per heavy atom. The first kappa shape index (κ1) is 17.0. The number of halogens is 3. The molecule has 2 atom stereocenters. The minimum Gasteiger partial charge on any atom is -0.460 e. The molecule has 0 saturated carbocycles. The van der Waals surface area contributed by atoms with Crippen molar-refractivity contribution in [2.24, 2.45) is 5.92 Å². The van der Waals surface area contributed by atoms with Crippen LogP contribution in [0.2, 0.25) is 0 Å². The smallest absolute Gasteiger partial charge is 0.422 e. The summed E-state index contributed by atoms with van der Waals surface area (Å²) in [5.41, 5.74) is 0. The summed E-state index contributed by atoms with van der Waals surface area (Å²) >= 11 is 1.01. The van der Waals surface area contributed by atoms with Crippen LogP contribution in [0, 0.1) is 5.92 Å². The van der Waals surface area contributed by atoms with Crippen molar-refractivity contribution in [2.75, 3.05) is 19.7 Å². The van der Waals surface area contributed by atoms with E-state index in [1.54, 1.807) is 6.92 Å². The summed E-state index contributed by atoms with van der Waals surface area (Å²) in [4.78, 5) is 16.4. The van der Waals surface area contributed by atoms with Crippen LogP contribution in [0.5, 0.6) is 5.19 Å². The molecule has 0 spiro atoms. The van der Waals surface area contributed by atoms with E-state index in [0.717, 1.165) is 30.8 Å². The molecule has 1 saturated heterocycles. The van der Waals surface area contributed by atoms with E-state index < -0.39 is 12.8 Å². The SMILES string of the molecule is C[C@@H](NC(=O)C[C@H]1CCNC1)c1cnc(OCC(F)(F)F)s1. The van der Waals surface area contributed by atoms with Gasteiger partial charge in [0.05, 0.1) is 10.9 Å². The maximum Gasteiger partial charge on any atom is 0.422 e. The second kappa shape index (κ2) is 7.28. The molecule has 22 heavy (non-hydrogen) atoms. The zero-order chi connectivity index (χ0) is 16.2. The van der Waals surface area contributed by atoms with Crippen molar-refractivity contribution in [2.45, 2.75) is 32.0 Å². The maximum atomic E-state index is 12.1. The number of carbonyl (C=O) groups is 1. The Morgan fingerprint density at radius 3 is 3.05 bits per heavy atom. The number of nitrogens with zero attached hydrogens (tertiary/aromatic N) is 1. The van der Waals surface area contributed by atoms with E-state index in [2.05, 4.69) is 20.4 Å². The van der Waals surface area contributed by atoms with Gasteiger partial charge in [-0.3, -0.25) is 4.79 Å². The molecular weight excluding hydrogens is 319 g/mol. The third kappa shape index (κ3) is 5.45. The third-order valence-electron chi connectivity index (χ3n) is 3.30. The third-order valence-corrected chi connectivity index (χ3v) is 4.39. The molecule has 0 unspecified atom stereocenters. The standard InChI is InChI=1S/C13H18F3N3O2S/c1-8(19-11(20)4-9-2-3-17-5-9)10-6-18-12(22-10)21-7-13(14,15)16/h6,8-9,17H,2-5,7H2,1H3,(H,19,20)/t8-,9-/m1/s1. The number of thiazole rings is 1. The van der Waals surface area contributed by atoms with Gasteiger partial charge in [-0.15, -0.1) is 0 Å². The summed E-state index contributed by atoms with van der Waals surface area (Å²) in [5, 5.41) is 5.98. The molecule has 0 aliphatic carbocycles. The Balaban J connectivity index is 1.80. The first-order valence-electron chi connectivity index (χ1n) is 6.99. The van der Waals surface area contributed by atoms with Crippen molar-refractivity contribution in [3.8, 4) is 5.19 Å². The highest BCUT2D eigenvalue weighted by molar-refractivity contribution is 7.13. The molecular formula is C13H18F3N3O2S. The van der Waals surface area contributed by atoms with Gasteiger partial charge < -0.3 is 15.4 Å². The Kier molecular flexibility index (Phi) is 5.63. The summed E-state index contributed by atoms with van der Waals surface area (Å²) in [6, 6.07) is -0.303. The molecule has 0 radical (unpaired) electrons. The van der Waals surface area contributed by atoms with Crippen LogP contribution in [0.3, 0.4) is 0 Å². The molecule has 5 nitrogen and oxygen atoms in total. The zero-order valence-corrected chi connectivity index (χ0v) is 12.9. The predicted molar refractivity (Wildman–Crippen MR) is 75.8 cm³/mol. The number of amides is 1. The molecule has 1 aromatic heterocycles. The average Bonchev–Trinajstić information content (AvgIpc) is 3.05. The van der Waals surface area contributed by atoms with Crippen molar-refractivity contribution in [1.82, 2.24) is 15.6 Å². The van der Waals surface area contributed by atoms with E-state index in [4.69, 9.17) is 0 Å². The average molecular weight is 337 g/mol. The highest BCUT2D eigenvalue weighted by Crippen LogP contribution is 2.27. The zero-order valence-electron chi connectivity index (χ0n) is 12.1. The van der Waals surface area contributed by atoms with E-state index in [1.807, 2.05) is 0 Å². The second-order valence-electron chi connectivity index (χ2n) is 5.28. The largest absolute Gasteiger partial charge is 0.460 e. The van der Waals surface area contributed by atoms with Gasteiger partial charge in [-0.05, 0) is 32.4 Å². The fourth-order valence-electron chi connectivity index (χ4n) is 2.20. The van der Waals surface area contributed by atoms with Crippen LogP contribution in [-0.2, 0) is 4.79 Å². The second-order valence-corrected chi connectivity index (χ2v) is 6.31. The molecule has 1 amide bonds. The quantitative estimate of drug-likeness (QED) is 0.836. The highest BCUT2D eigenvalue weighted by Gasteiger charge is 2.29. The normalized spacial score (nSPS) is 19.9. The van der Waals surface area contributed by atoms with Crippen molar-refractivity contribution >= 4 is 17.2 Å². The highest BCUT2D eigenvalue weighted by atomic mass is 32.1. The van der Waals surface area contributed by atoms with Crippen LogP contribution in [0.25, 0.3) is 0 Å². The number of hydrogen-bond acceptors (Lipinski definition) is 5. The van der Waals surface area contributed by atoms with Gasteiger partial charge in [0.15, 0.2) is 6.61 Å². The minimum atomic E-state index is -4.39. The van der Waals surface area contributed by atoms with Crippen LogP contribution >= 0.6 is 11.3 Å². The molecule has 9 heteroatoms. The fourth-order valence-corrected chi connectivity index (χ4v) is 2.97. The lowest BCUT2D eigenvalue weighted by atomic mass is 10.0. The number of carbonyl (C=O) groups excluding carboxylic acids is 1. The molecule has 0 aromatic carbocycles. The fraction of sp³-hybridized carbons (Fsp3) is 0.692. The number of alkyl halides is 3. The van der Waals surface area contributed by atoms with Crippen molar-refractivity contribution < 1.29 is 22.7 Å². The van der Waals surface area contributed by atoms with Crippen LogP contribution < -0.4 is 15.4 Å². The van der Waals surface area contributed by atoms with Crippen LogP contribution in [0.4, 0.5) is 13.2 Å². The Hall–Kier alpha value is -1.35. The van der Waals surface area contributed by atoms with Gasteiger partial charge in [0, 0.05) is 12.6 Å². The van der Waals surface area contributed by atoms with Gasteiger partial charge in [0.25, 0.3) is 5.19 Å². The summed E-state index contributed by atoms with van der Waals surface area (Å²) in [6.07, 6.45) is -1.52. The van der Waals surface area contributed by atoms with Gasteiger partial charge in [-0.2, -0.15) is 13.2 Å². The topological polar surface area (TPSA) is 63.2 Å².